The van der Waals surface area contributed by atoms with E-state index in [1.54, 1.807) is 6.33 Å². The first-order valence-corrected chi connectivity index (χ1v) is 7.13. The highest BCUT2D eigenvalue weighted by molar-refractivity contribution is 9.10. The molecule has 19 heavy (non-hydrogen) atoms. The van der Waals surface area contributed by atoms with Gasteiger partial charge < -0.3 is 10.3 Å². The second-order valence-electron chi connectivity index (χ2n) is 4.71. The van der Waals surface area contributed by atoms with E-state index in [9.17, 15) is 0 Å². The summed E-state index contributed by atoms with van der Waals surface area (Å²) in [6.45, 7) is 3.31. The minimum Gasteiger partial charge on any atom is -0.329 e. The Balaban J connectivity index is 1.82. The third-order valence-corrected chi connectivity index (χ3v) is 4.12. The van der Waals surface area contributed by atoms with E-state index in [1.165, 1.54) is 5.56 Å². The van der Waals surface area contributed by atoms with Gasteiger partial charge in [0.1, 0.15) is 12.2 Å². The normalized spacial score (nSPS) is 17.2. The van der Waals surface area contributed by atoms with Crippen molar-refractivity contribution < 1.29 is 0 Å². The van der Waals surface area contributed by atoms with Crippen molar-refractivity contribution >= 4 is 15.9 Å². The van der Waals surface area contributed by atoms with Gasteiger partial charge in [-0.25, -0.2) is 0 Å². The van der Waals surface area contributed by atoms with Crippen LogP contribution in [-0.4, -0.2) is 32.8 Å². The van der Waals surface area contributed by atoms with Crippen LogP contribution in [0.1, 0.15) is 17.4 Å². The van der Waals surface area contributed by atoms with Crippen molar-refractivity contribution in [2.24, 2.45) is 5.73 Å². The number of benzene rings is 1. The van der Waals surface area contributed by atoms with E-state index in [1.807, 2.05) is 0 Å². The molecule has 3 rings (SSSR count). The number of aromatic nitrogens is 3. The van der Waals surface area contributed by atoms with Crippen LogP contribution in [-0.2, 0) is 13.1 Å². The van der Waals surface area contributed by atoms with Crippen LogP contribution in [0.25, 0.3) is 0 Å². The average Bonchev–Trinajstić information content (AvgIpc) is 2.89. The van der Waals surface area contributed by atoms with Gasteiger partial charge in [-0.15, -0.1) is 10.2 Å². The lowest BCUT2D eigenvalue weighted by atomic mass is 10.0. The Morgan fingerprint density at radius 1 is 1.26 bits per heavy atom. The highest BCUT2D eigenvalue weighted by Gasteiger charge is 2.24. The van der Waals surface area contributed by atoms with Crippen molar-refractivity contribution in [1.82, 2.24) is 19.7 Å². The molecule has 100 valence electrons. The van der Waals surface area contributed by atoms with E-state index in [-0.39, 0.29) is 6.04 Å². The zero-order valence-corrected chi connectivity index (χ0v) is 12.1. The molecule has 0 saturated heterocycles. The lowest BCUT2D eigenvalue weighted by Gasteiger charge is -2.34. The molecule has 1 aromatic carbocycles. The first-order chi connectivity index (χ1) is 9.28. The number of nitrogens with two attached hydrogens (primary N) is 1. The Morgan fingerprint density at radius 2 is 2.05 bits per heavy atom. The quantitative estimate of drug-likeness (QED) is 0.932. The largest absolute Gasteiger partial charge is 0.329 e. The fraction of sp³-hybridized carbons (Fsp3) is 0.385. The third kappa shape index (κ3) is 2.56. The standard InChI is InChI=1S/C13H16BrN5/c14-11-3-1-10(2-4-11)12(7-15)18-5-6-19-9-16-17-13(19)8-18/h1-4,9,12H,5-8,15H2. The molecule has 1 unspecified atom stereocenters. The minimum absolute atomic E-state index is 0.235. The van der Waals surface area contributed by atoms with Crippen LogP contribution < -0.4 is 5.73 Å². The molecule has 0 spiro atoms. The Kier molecular flexibility index (Phi) is 3.63. The highest BCUT2D eigenvalue weighted by atomic mass is 79.9. The van der Waals surface area contributed by atoms with Crippen LogP contribution in [0.2, 0.25) is 0 Å². The van der Waals surface area contributed by atoms with Crippen LogP contribution in [0, 0.1) is 0 Å². The number of nitrogens with zero attached hydrogens (tertiary/aromatic N) is 4. The molecule has 0 radical (unpaired) electrons. The molecule has 0 aliphatic carbocycles. The molecule has 2 aromatic rings. The average molecular weight is 322 g/mol. The van der Waals surface area contributed by atoms with Gasteiger partial charge >= 0.3 is 0 Å². The molecule has 2 N–H and O–H groups in total. The van der Waals surface area contributed by atoms with Crippen LogP contribution in [0.3, 0.4) is 0 Å². The zero-order chi connectivity index (χ0) is 13.2. The van der Waals surface area contributed by atoms with Crippen molar-refractivity contribution in [3.05, 3.63) is 46.5 Å². The third-order valence-electron chi connectivity index (χ3n) is 3.59. The second-order valence-corrected chi connectivity index (χ2v) is 5.63. The van der Waals surface area contributed by atoms with Gasteiger partial charge in [0, 0.05) is 30.1 Å². The number of hydrogen-bond donors (Lipinski definition) is 1. The summed E-state index contributed by atoms with van der Waals surface area (Å²) in [6.07, 6.45) is 1.80. The predicted octanol–water partition coefficient (Wildman–Crippen LogP) is 1.56. The van der Waals surface area contributed by atoms with Gasteiger partial charge in [-0.3, -0.25) is 4.90 Å². The number of rotatable bonds is 3. The number of hydrogen-bond acceptors (Lipinski definition) is 4. The van der Waals surface area contributed by atoms with Gasteiger partial charge in [0.2, 0.25) is 0 Å². The second kappa shape index (κ2) is 5.40. The SMILES string of the molecule is NCC(c1ccc(Br)cc1)N1CCn2cnnc2C1. The molecule has 2 heterocycles. The van der Waals surface area contributed by atoms with Crippen molar-refractivity contribution in [3.63, 3.8) is 0 Å². The number of fused-ring (bicyclic) bond motifs is 1. The lowest BCUT2D eigenvalue weighted by Crippen LogP contribution is -2.39. The molecule has 0 amide bonds. The molecule has 0 saturated carbocycles. The lowest BCUT2D eigenvalue weighted by molar-refractivity contribution is 0.156. The molecule has 1 atom stereocenters. The van der Waals surface area contributed by atoms with Gasteiger partial charge in [-0.1, -0.05) is 28.1 Å². The van der Waals surface area contributed by atoms with Crippen LogP contribution in [0.4, 0.5) is 0 Å². The van der Waals surface area contributed by atoms with Gasteiger partial charge in [-0.05, 0) is 17.7 Å². The summed E-state index contributed by atoms with van der Waals surface area (Å²) in [6, 6.07) is 8.61. The summed E-state index contributed by atoms with van der Waals surface area (Å²) in [5.41, 5.74) is 7.22. The molecule has 1 aromatic heterocycles. The Hall–Kier alpha value is -1.24. The molecule has 1 aliphatic rings. The molecule has 0 fully saturated rings. The van der Waals surface area contributed by atoms with E-state index < -0.39 is 0 Å². The summed E-state index contributed by atoms with van der Waals surface area (Å²) >= 11 is 3.46. The Morgan fingerprint density at radius 3 is 2.79 bits per heavy atom. The first kappa shape index (κ1) is 12.8. The first-order valence-electron chi connectivity index (χ1n) is 6.34. The number of halogens is 1. The van der Waals surface area contributed by atoms with E-state index in [0.29, 0.717) is 6.54 Å². The topological polar surface area (TPSA) is 60.0 Å². The molecular formula is C13H16BrN5. The van der Waals surface area contributed by atoms with Gasteiger partial charge in [0.25, 0.3) is 0 Å². The molecular weight excluding hydrogens is 306 g/mol. The fourth-order valence-corrected chi connectivity index (χ4v) is 2.80. The van der Waals surface area contributed by atoms with E-state index in [0.717, 1.165) is 29.9 Å². The molecule has 1 aliphatic heterocycles. The molecule has 6 heteroatoms. The molecule has 5 nitrogen and oxygen atoms in total. The van der Waals surface area contributed by atoms with Crippen LogP contribution in [0.5, 0.6) is 0 Å². The monoisotopic (exact) mass is 321 g/mol. The van der Waals surface area contributed by atoms with Gasteiger partial charge in [0.15, 0.2) is 0 Å². The maximum absolute atomic E-state index is 5.97. The predicted molar refractivity (Wildman–Crippen MR) is 76.4 cm³/mol. The summed E-state index contributed by atoms with van der Waals surface area (Å²) in [5, 5.41) is 8.11. The van der Waals surface area contributed by atoms with Gasteiger partial charge in [0.05, 0.1) is 6.54 Å². The summed E-state index contributed by atoms with van der Waals surface area (Å²) < 4.78 is 3.19. The smallest absolute Gasteiger partial charge is 0.147 e. The van der Waals surface area contributed by atoms with Crippen molar-refractivity contribution in [3.8, 4) is 0 Å². The van der Waals surface area contributed by atoms with Crippen LogP contribution >= 0.6 is 15.9 Å². The maximum Gasteiger partial charge on any atom is 0.147 e. The van der Waals surface area contributed by atoms with Crippen LogP contribution in [0.15, 0.2) is 35.1 Å². The fourth-order valence-electron chi connectivity index (χ4n) is 2.53. The van der Waals surface area contributed by atoms with Crippen molar-refractivity contribution in [1.29, 1.82) is 0 Å². The minimum atomic E-state index is 0.235. The summed E-state index contributed by atoms with van der Waals surface area (Å²) in [4.78, 5) is 2.37. The van der Waals surface area contributed by atoms with Crippen molar-refractivity contribution in [2.45, 2.75) is 19.1 Å². The van der Waals surface area contributed by atoms with Gasteiger partial charge in [-0.2, -0.15) is 0 Å². The van der Waals surface area contributed by atoms with E-state index >= 15 is 0 Å². The Labute approximate surface area is 120 Å². The maximum atomic E-state index is 5.97. The van der Waals surface area contributed by atoms with Crippen molar-refractivity contribution in [2.75, 3.05) is 13.1 Å². The molecule has 0 bridgehead atoms. The zero-order valence-electron chi connectivity index (χ0n) is 10.5. The summed E-state index contributed by atoms with van der Waals surface area (Å²) in [7, 11) is 0. The van der Waals surface area contributed by atoms with E-state index in [2.05, 4.69) is 59.9 Å². The highest BCUT2D eigenvalue weighted by Crippen LogP contribution is 2.25. The summed E-state index contributed by atoms with van der Waals surface area (Å²) in [5.74, 6) is 1.02. The Bertz CT molecular complexity index is 550. The van der Waals surface area contributed by atoms with E-state index in [4.69, 9.17) is 5.73 Å².